The molecule has 1 aromatic rings. The maximum atomic E-state index is 5.67. The molecule has 0 radical (unpaired) electrons. The molecule has 0 N–H and O–H groups in total. The van der Waals surface area contributed by atoms with Gasteiger partial charge >= 0.3 is 0 Å². The Bertz CT molecular complexity index is 452. The largest absolute Gasteiger partial charge is 0.494 e. The molecule has 1 aliphatic heterocycles. The Morgan fingerprint density at radius 1 is 1.15 bits per heavy atom. The number of ether oxygens (including phenoxy) is 1. The van der Waals surface area contributed by atoms with E-state index in [1.54, 1.807) is 0 Å². The molecular weight excluding hydrogens is 248 g/mol. The van der Waals surface area contributed by atoms with Gasteiger partial charge in [-0.3, -0.25) is 4.90 Å². The van der Waals surface area contributed by atoms with E-state index in [0.717, 1.165) is 12.4 Å². The Balaban J connectivity index is 1.73. The summed E-state index contributed by atoms with van der Waals surface area (Å²) in [6.45, 7) is 11.1. The fourth-order valence-corrected chi connectivity index (χ4v) is 3.59. The standard InChI is InChI=1S/C17H26N2O/c1-3-18-9-11-19(12-10-18)17-8-6-14-5-7-15(20-4-2)13-16(14)17/h5,7,13,17H,3-4,6,8-12H2,1-2H3. The second kappa shape index (κ2) is 6.15. The number of fused-ring (bicyclic) bond motifs is 1. The minimum absolute atomic E-state index is 0.615. The number of piperazine rings is 1. The molecule has 110 valence electrons. The van der Waals surface area contributed by atoms with Crippen LogP contribution in [0.15, 0.2) is 18.2 Å². The molecule has 2 aliphatic rings. The molecule has 3 heteroatoms. The highest BCUT2D eigenvalue weighted by molar-refractivity contribution is 5.41. The molecule has 3 nitrogen and oxygen atoms in total. The summed E-state index contributed by atoms with van der Waals surface area (Å²) in [5, 5.41) is 0. The summed E-state index contributed by atoms with van der Waals surface area (Å²) in [7, 11) is 0. The highest BCUT2D eigenvalue weighted by Gasteiger charge is 2.30. The summed E-state index contributed by atoms with van der Waals surface area (Å²) in [5.41, 5.74) is 3.04. The third-order valence-corrected chi connectivity index (χ3v) is 4.77. The zero-order valence-electron chi connectivity index (χ0n) is 12.8. The Hall–Kier alpha value is -1.06. The molecule has 0 amide bonds. The number of hydrogen-bond donors (Lipinski definition) is 0. The number of nitrogens with zero attached hydrogens (tertiary/aromatic N) is 2. The van der Waals surface area contributed by atoms with E-state index in [4.69, 9.17) is 4.74 Å². The van der Waals surface area contributed by atoms with Crippen molar-refractivity contribution in [3.8, 4) is 5.75 Å². The van der Waals surface area contributed by atoms with Gasteiger partial charge in [-0.2, -0.15) is 0 Å². The Morgan fingerprint density at radius 3 is 2.65 bits per heavy atom. The predicted molar refractivity (Wildman–Crippen MR) is 82.4 cm³/mol. The first-order valence-corrected chi connectivity index (χ1v) is 8.03. The lowest BCUT2D eigenvalue weighted by atomic mass is 10.1. The van der Waals surface area contributed by atoms with E-state index in [1.807, 2.05) is 0 Å². The summed E-state index contributed by atoms with van der Waals surface area (Å²) < 4.78 is 5.67. The predicted octanol–water partition coefficient (Wildman–Crippen LogP) is 2.71. The number of rotatable bonds is 4. The maximum absolute atomic E-state index is 5.67. The molecule has 0 spiro atoms. The lowest BCUT2D eigenvalue weighted by molar-refractivity contribution is 0.0993. The van der Waals surface area contributed by atoms with Gasteiger partial charge in [0.2, 0.25) is 0 Å². The van der Waals surface area contributed by atoms with Crippen molar-refractivity contribution in [2.45, 2.75) is 32.7 Å². The van der Waals surface area contributed by atoms with Gasteiger partial charge < -0.3 is 9.64 Å². The van der Waals surface area contributed by atoms with Gasteiger partial charge in [0.05, 0.1) is 6.61 Å². The van der Waals surface area contributed by atoms with Crippen LogP contribution in [0.4, 0.5) is 0 Å². The molecule has 1 aromatic carbocycles. The van der Waals surface area contributed by atoms with E-state index in [0.29, 0.717) is 6.04 Å². The van der Waals surface area contributed by atoms with Crippen molar-refractivity contribution in [2.75, 3.05) is 39.3 Å². The Morgan fingerprint density at radius 2 is 1.95 bits per heavy atom. The highest BCUT2D eigenvalue weighted by Crippen LogP contribution is 2.38. The van der Waals surface area contributed by atoms with E-state index in [1.165, 1.54) is 56.7 Å². The quantitative estimate of drug-likeness (QED) is 0.839. The normalized spacial score (nSPS) is 23.8. The van der Waals surface area contributed by atoms with Gasteiger partial charge in [0.15, 0.2) is 0 Å². The molecule has 0 aromatic heterocycles. The van der Waals surface area contributed by atoms with E-state index >= 15 is 0 Å². The molecule has 1 aliphatic carbocycles. The molecule has 1 saturated heterocycles. The van der Waals surface area contributed by atoms with Crippen LogP contribution in [0.5, 0.6) is 5.75 Å². The number of aryl methyl sites for hydroxylation is 1. The summed E-state index contributed by atoms with van der Waals surface area (Å²) >= 11 is 0. The second-order valence-corrected chi connectivity index (χ2v) is 5.82. The van der Waals surface area contributed by atoms with Gasteiger partial charge in [-0.15, -0.1) is 0 Å². The van der Waals surface area contributed by atoms with Crippen LogP contribution in [0.3, 0.4) is 0 Å². The fourth-order valence-electron chi connectivity index (χ4n) is 3.59. The number of benzene rings is 1. The number of hydrogen-bond acceptors (Lipinski definition) is 3. The van der Waals surface area contributed by atoms with Crippen molar-refractivity contribution in [3.05, 3.63) is 29.3 Å². The average Bonchev–Trinajstić information content (AvgIpc) is 2.91. The van der Waals surface area contributed by atoms with Crippen molar-refractivity contribution >= 4 is 0 Å². The average molecular weight is 274 g/mol. The smallest absolute Gasteiger partial charge is 0.119 e. The van der Waals surface area contributed by atoms with Crippen LogP contribution in [-0.2, 0) is 6.42 Å². The monoisotopic (exact) mass is 274 g/mol. The lowest BCUT2D eigenvalue weighted by Crippen LogP contribution is -2.47. The molecule has 0 saturated carbocycles. The van der Waals surface area contributed by atoms with Crippen LogP contribution in [0, 0.1) is 0 Å². The SMILES string of the molecule is CCOc1ccc2c(c1)C(N1CCN(CC)CC1)CC2. The topological polar surface area (TPSA) is 15.7 Å². The zero-order valence-corrected chi connectivity index (χ0v) is 12.8. The van der Waals surface area contributed by atoms with Gasteiger partial charge in [-0.05, 0) is 49.6 Å². The van der Waals surface area contributed by atoms with Crippen molar-refractivity contribution in [1.82, 2.24) is 9.80 Å². The van der Waals surface area contributed by atoms with E-state index < -0.39 is 0 Å². The van der Waals surface area contributed by atoms with Gasteiger partial charge in [0.25, 0.3) is 0 Å². The fraction of sp³-hybridized carbons (Fsp3) is 0.647. The van der Waals surface area contributed by atoms with Crippen LogP contribution >= 0.6 is 0 Å². The molecular formula is C17H26N2O. The van der Waals surface area contributed by atoms with Crippen molar-refractivity contribution in [2.24, 2.45) is 0 Å². The van der Waals surface area contributed by atoms with Crippen LogP contribution in [0.25, 0.3) is 0 Å². The van der Waals surface area contributed by atoms with Crippen LogP contribution in [0.1, 0.15) is 37.4 Å². The second-order valence-electron chi connectivity index (χ2n) is 5.82. The number of likely N-dealkylation sites (N-methyl/N-ethyl adjacent to an activating group) is 1. The van der Waals surface area contributed by atoms with E-state index in [2.05, 4.69) is 41.8 Å². The zero-order chi connectivity index (χ0) is 13.9. The minimum atomic E-state index is 0.615. The summed E-state index contributed by atoms with van der Waals surface area (Å²) in [6.07, 6.45) is 2.50. The highest BCUT2D eigenvalue weighted by atomic mass is 16.5. The molecule has 0 bridgehead atoms. The summed E-state index contributed by atoms with van der Waals surface area (Å²) in [4.78, 5) is 5.22. The Kier molecular flexibility index (Phi) is 4.27. The van der Waals surface area contributed by atoms with Gasteiger partial charge in [-0.25, -0.2) is 0 Å². The first-order chi connectivity index (χ1) is 9.81. The molecule has 1 fully saturated rings. The van der Waals surface area contributed by atoms with Crippen molar-refractivity contribution < 1.29 is 4.74 Å². The third kappa shape index (κ3) is 2.70. The minimum Gasteiger partial charge on any atom is -0.494 e. The molecule has 1 atom stereocenters. The summed E-state index contributed by atoms with van der Waals surface area (Å²) in [6, 6.07) is 7.29. The molecule has 20 heavy (non-hydrogen) atoms. The van der Waals surface area contributed by atoms with Gasteiger partial charge in [-0.1, -0.05) is 13.0 Å². The van der Waals surface area contributed by atoms with E-state index in [9.17, 15) is 0 Å². The first-order valence-electron chi connectivity index (χ1n) is 8.03. The third-order valence-electron chi connectivity index (χ3n) is 4.77. The van der Waals surface area contributed by atoms with Gasteiger partial charge in [0, 0.05) is 32.2 Å². The lowest BCUT2D eigenvalue weighted by Gasteiger charge is -2.38. The van der Waals surface area contributed by atoms with Gasteiger partial charge in [0.1, 0.15) is 5.75 Å². The Labute approximate surface area is 122 Å². The molecule has 3 rings (SSSR count). The van der Waals surface area contributed by atoms with Crippen LogP contribution in [-0.4, -0.2) is 49.1 Å². The summed E-state index contributed by atoms with van der Waals surface area (Å²) in [5.74, 6) is 1.03. The maximum Gasteiger partial charge on any atom is 0.119 e. The first kappa shape index (κ1) is 13.9. The van der Waals surface area contributed by atoms with Crippen LogP contribution in [0.2, 0.25) is 0 Å². The van der Waals surface area contributed by atoms with Crippen molar-refractivity contribution in [1.29, 1.82) is 0 Å². The molecule has 1 unspecified atom stereocenters. The van der Waals surface area contributed by atoms with Crippen LogP contribution < -0.4 is 4.74 Å². The van der Waals surface area contributed by atoms with E-state index in [-0.39, 0.29) is 0 Å². The molecule has 1 heterocycles. The van der Waals surface area contributed by atoms with Crippen molar-refractivity contribution in [3.63, 3.8) is 0 Å².